The van der Waals surface area contributed by atoms with Gasteiger partial charge in [0.05, 0.1) is 5.02 Å². The van der Waals surface area contributed by atoms with Gasteiger partial charge in [-0.25, -0.2) is 4.98 Å². The van der Waals surface area contributed by atoms with Gasteiger partial charge in [-0.2, -0.15) is 0 Å². The van der Waals surface area contributed by atoms with Crippen molar-refractivity contribution in [1.82, 2.24) is 19.6 Å². The van der Waals surface area contributed by atoms with Crippen LogP contribution in [0.25, 0.3) is 5.65 Å². The minimum atomic E-state index is 0.364. The Morgan fingerprint density at radius 2 is 2.16 bits per heavy atom. The van der Waals surface area contributed by atoms with Crippen LogP contribution < -0.4 is 4.74 Å². The number of nitrogens with zero attached hydrogens (tertiary/aromatic N) is 4. The molecule has 3 aromatic rings. The van der Waals surface area contributed by atoms with Gasteiger partial charge in [0.25, 0.3) is 5.88 Å². The molecule has 19 heavy (non-hydrogen) atoms. The van der Waals surface area contributed by atoms with Crippen molar-refractivity contribution in [2.45, 2.75) is 6.92 Å². The Morgan fingerprint density at radius 1 is 1.32 bits per heavy atom. The van der Waals surface area contributed by atoms with E-state index in [9.17, 15) is 0 Å². The number of benzene rings is 1. The van der Waals surface area contributed by atoms with Gasteiger partial charge in [-0.1, -0.05) is 27.5 Å². The maximum atomic E-state index is 6.09. The number of ether oxygens (including phenoxy) is 1. The van der Waals surface area contributed by atoms with Crippen molar-refractivity contribution in [2.75, 3.05) is 0 Å². The second kappa shape index (κ2) is 4.79. The fourth-order valence-electron chi connectivity index (χ4n) is 1.65. The molecule has 0 saturated carbocycles. The summed E-state index contributed by atoms with van der Waals surface area (Å²) < 4.78 is 8.39. The van der Waals surface area contributed by atoms with E-state index >= 15 is 0 Å². The summed E-state index contributed by atoms with van der Waals surface area (Å²) in [6.45, 7) is 1.86. The monoisotopic (exact) mass is 338 g/mol. The van der Waals surface area contributed by atoms with E-state index in [2.05, 4.69) is 31.1 Å². The standard InChI is InChI=1S/C12H8BrClN4O/c1-7-16-17-11-12(15-4-5-18(7)11)19-10-6-8(13)2-3-9(10)14/h2-6H,1H3. The molecule has 0 saturated heterocycles. The zero-order chi connectivity index (χ0) is 13.4. The predicted octanol–water partition coefficient (Wildman–Crippen LogP) is 3.64. The average molecular weight is 340 g/mol. The summed E-state index contributed by atoms with van der Waals surface area (Å²) in [7, 11) is 0. The summed E-state index contributed by atoms with van der Waals surface area (Å²) in [5, 5.41) is 8.53. The van der Waals surface area contributed by atoms with E-state index in [4.69, 9.17) is 16.3 Å². The zero-order valence-corrected chi connectivity index (χ0v) is 12.2. The summed E-state index contributed by atoms with van der Waals surface area (Å²) in [5.41, 5.74) is 0.552. The van der Waals surface area contributed by atoms with Crippen LogP contribution >= 0.6 is 27.5 Å². The van der Waals surface area contributed by atoms with Crippen molar-refractivity contribution in [1.29, 1.82) is 0 Å². The highest BCUT2D eigenvalue weighted by molar-refractivity contribution is 9.10. The number of hydrogen-bond donors (Lipinski definition) is 0. The normalized spacial score (nSPS) is 10.9. The van der Waals surface area contributed by atoms with Gasteiger partial charge in [-0.3, -0.25) is 4.40 Å². The summed E-state index contributed by atoms with van der Waals surface area (Å²) >= 11 is 9.46. The molecule has 96 valence electrons. The molecule has 0 N–H and O–H groups in total. The fourth-order valence-corrected chi connectivity index (χ4v) is 2.15. The first-order chi connectivity index (χ1) is 9.15. The first-order valence-electron chi connectivity index (χ1n) is 5.44. The van der Waals surface area contributed by atoms with Gasteiger partial charge >= 0.3 is 0 Å². The Hall–Kier alpha value is -1.66. The lowest BCUT2D eigenvalue weighted by atomic mass is 10.3. The average Bonchev–Trinajstić information content (AvgIpc) is 2.77. The lowest BCUT2D eigenvalue weighted by Gasteiger charge is -2.07. The zero-order valence-electron chi connectivity index (χ0n) is 9.84. The number of hydrogen-bond acceptors (Lipinski definition) is 4. The third-order valence-electron chi connectivity index (χ3n) is 2.56. The summed E-state index contributed by atoms with van der Waals surface area (Å²) in [6.07, 6.45) is 3.41. The van der Waals surface area contributed by atoms with E-state index in [1.54, 1.807) is 28.9 Å². The lowest BCUT2D eigenvalue weighted by Crippen LogP contribution is -1.95. The molecule has 5 nitrogen and oxygen atoms in total. The molecule has 0 aliphatic heterocycles. The van der Waals surface area contributed by atoms with Crippen molar-refractivity contribution >= 4 is 33.2 Å². The highest BCUT2D eigenvalue weighted by atomic mass is 79.9. The lowest BCUT2D eigenvalue weighted by molar-refractivity contribution is 0.464. The molecule has 0 amide bonds. The third-order valence-corrected chi connectivity index (χ3v) is 3.37. The van der Waals surface area contributed by atoms with E-state index < -0.39 is 0 Å². The number of fused-ring (bicyclic) bond motifs is 1. The number of halogens is 2. The summed E-state index contributed by atoms with van der Waals surface area (Å²) in [5.74, 6) is 1.64. The van der Waals surface area contributed by atoms with Gasteiger partial charge in [0.15, 0.2) is 0 Å². The SMILES string of the molecule is Cc1nnc2c(Oc3cc(Br)ccc3Cl)nccn12. The van der Waals surface area contributed by atoms with Crippen LogP contribution in [0.1, 0.15) is 5.82 Å². The Labute approximate surface area is 122 Å². The van der Waals surface area contributed by atoms with Crippen LogP contribution in [0.3, 0.4) is 0 Å². The summed E-state index contributed by atoms with van der Waals surface area (Å²) in [6, 6.07) is 5.36. The fraction of sp³-hybridized carbons (Fsp3) is 0.0833. The molecule has 0 radical (unpaired) electrons. The molecule has 2 heterocycles. The van der Waals surface area contributed by atoms with Crippen LogP contribution in [0.4, 0.5) is 0 Å². The Kier molecular flexibility index (Phi) is 3.12. The second-order valence-electron chi connectivity index (χ2n) is 3.85. The van der Waals surface area contributed by atoms with Crippen LogP contribution in [-0.2, 0) is 0 Å². The van der Waals surface area contributed by atoms with Crippen LogP contribution in [0.2, 0.25) is 5.02 Å². The Morgan fingerprint density at radius 3 is 3.00 bits per heavy atom. The quantitative estimate of drug-likeness (QED) is 0.715. The molecule has 0 aliphatic rings. The van der Waals surface area contributed by atoms with Crippen molar-refractivity contribution in [3.63, 3.8) is 0 Å². The molecule has 0 spiro atoms. The highest BCUT2D eigenvalue weighted by Gasteiger charge is 2.11. The van der Waals surface area contributed by atoms with E-state index in [0.29, 0.717) is 22.3 Å². The van der Waals surface area contributed by atoms with Gasteiger partial charge in [0.2, 0.25) is 5.65 Å². The van der Waals surface area contributed by atoms with Gasteiger partial charge < -0.3 is 4.74 Å². The van der Waals surface area contributed by atoms with E-state index in [1.165, 1.54) is 0 Å². The van der Waals surface area contributed by atoms with E-state index in [-0.39, 0.29) is 0 Å². The molecule has 0 atom stereocenters. The van der Waals surface area contributed by atoms with E-state index in [1.807, 2.05) is 13.0 Å². The smallest absolute Gasteiger partial charge is 0.265 e. The molecule has 0 bridgehead atoms. The molecule has 7 heteroatoms. The van der Waals surface area contributed by atoms with Crippen molar-refractivity contribution in [2.24, 2.45) is 0 Å². The van der Waals surface area contributed by atoms with Gasteiger partial charge in [0, 0.05) is 16.9 Å². The first kappa shape index (κ1) is 12.4. The molecular weight excluding hydrogens is 332 g/mol. The third kappa shape index (κ3) is 2.29. The van der Waals surface area contributed by atoms with Crippen LogP contribution in [0, 0.1) is 6.92 Å². The van der Waals surface area contributed by atoms with Gasteiger partial charge in [0.1, 0.15) is 11.6 Å². The molecule has 2 aromatic heterocycles. The molecule has 1 aromatic carbocycles. The number of aryl methyl sites for hydroxylation is 1. The minimum Gasteiger partial charge on any atom is -0.434 e. The molecule has 0 fully saturated rings. The summed E-state index contributed by atoms with van der Waals surface area (Å²) in [4.78, 5) is 4.17. The molecule has 0 unspecified atom stereocenters. The predicted molar refractivity (Wildman–Crippen MR) is 74.7 cm³/mol. The molecule has 3 rings (SSSR count). The maximum absolute atomic E-state index is 6.09. The van der Waals surface area contributed by atoms with Crippen LogP contribution in [0.15, 0.2) is 35.1 Å². The van der Waals surface area contributed by atoms with Gasteiger partial charge in [-0.05, 0) is 25.1 Å². The second-order valence-corrected chi connectivity index (χ2v) is 5.17. The van der Waals surface area contributed by atoms with Crippen molar-refractivity contribution < 1.29 is 4.74 Å². The Balaban J connectivity index is 2.08. The Bertz CT molecular complexity index is 759. The minimum absolute atomic E-state index is 0.364. The first-order valence-corrected chi connectivity index (χ1v) is 6.61. The maximum Gasteiger partial charge on any atom is 0.265 e. The number of rotatable bonds is 2. The number of aromatic nitrogens is 4. The molecule has 0 aliphatic carbocycles. The van der Waals surface area contributed by atoms with Crippen molar-refractivity contribution in [3.05, 3.63) is 45.9 Å². The van der Waals surface area contributed by atoms with Gasteiger partial charge in [-0.15, -0.1) is 10.2 Å². The highest BCUT2D eigenvalue weighted by Crippen LogP contribution is 2.32. The van der Waals surface area contributed by atoms with E-state index in [0.717, 1.165) is 10.3 Å². The molecular formula is C12H8BrClN4O. The van der Waals surface area contributed by atoms with Crippen LogP contribution in [-0.4, -0.2) is 19.6 Å². The van der Waals surface area contributed by atoms with Crippen LogP contribution in [0.5, 0.6) is 11.6 Å². The topological polar surface area (TPSA) is 52.3 Å². The largest absolute Gasteiger partial charge is 0.434 e. The van der Waals surface area contributed by atoms with Crippen molar-refractivity contribution in [3.8, 4) is 11.6 Å².